The topological polar surface area (TPSA) is 62.0 Å². The number of nitrogens with one attached hydrogen (secondary N) is 2. The molecule has 2 N–H and O–H groups in total. The fourth-order valence-electron chi connectivity index (χ4n) is 1.73. The molecule has 0 aromatic carbocycles. The zero-order valence-electron chi connectivity index (χ0n) is 11.7. The molecule has 1 amide bonds. The van der Waals surface area contributed by atoms with E-state index in [0.717, 1.165) is 10.4 Å². The van der Waals surface area contributed by atoms with Gasteiger partial charge in [0.05, 0.1) is 14.9 Å². The molecule has 0 fully saturated rings. The minimum atomic E-state index is -0.427. The summed E-state index contributed by atoms with van der Waals surface area (Å²) < 4.78 is 0.687. The first-order chi connectivity index (χ1) is 9.92. The highest BCUT2D eigenvalue weighted by molar-refractivity contribution is 7.19. The second-order valence-corrected chi connectivity index (χ2v) is 6.33. The molecule has 6 heteroatoms. The minimum absolute atomic E-state index is 0.0758. The van der Waals surface area contributed by atoms with Crippen LogP contribution in [-0.2, 0) is 0 Å². The fraction of sp³-hybridized carbons (Fsp3) is 0.200. The Kier molecular flexibility index (Phi) is 4.65. The van der Waals surface area contributed by atoms with E-state index in [0.29, 0.717) is 10.0 Å². The molecular weight excluding hydrogens is 308 g/mol. The Morgan fingerprint density at radius 3 is 2.76 bits per heavy atom. The summed E-state index contributed by atoms with van der Waals surface area (Å²) in [7, 11) is 0. The lowest BCUT2D eigenvalue weighted by molar-refractivity contribution is 0.0945. The maximum Gasteiger partial charge on any atom is 0.261 e. The van der Waals surface area contributed by atoms with Gasteiger partial charge in [-0.25, -0.2) is 0 Å². The van der Waals surface area contributed by atoms with Gasteiger partial charge in [-0.3, -0.25) is 9.59 Å². The van der Waals surface area contributed by atoms with Crippen LogP contribution in [0.5, 0.6) is 0 Å². The highest BCUT2D eigenvalue weighted by atomic mass is 35.5. The quantitative estimate of drug-likeness (QED) is 0.848. The predicted molar refractivity (Wildman–Crippen MR) is 87.2 cm³/mol. The van der Waals surface area contributed by atoms with Crippen molar-refractivity contribution >= 4 is 28.8 Å². The number of aromatic nitrogens is 1. The number of halogens is 1. The number of aryl methyl sites for hydroxylation is 1. The van der Waals surface area contributed by atoms with E-state index in [4.69, 9.17) is 11.6 Å². The molecule has 0 aliphatic carbocycles. The third-order valence-corrected chi connectivity index (χ3v) is 4.58. The molecule has 4 nitrogen and oxygen atoms in total. The van der Waals surface area contributed by atoms with E-state index >= 15 is 0 Å². The molecule has 0 spiro atoms. The van der Waals surface area contributed by atoms with Crippen LogP contribution in [0.4, 0.5) is 0 Å². The van der Waals surface area contributed by atoms with Crippen LogP contribution in [0.25, 0.3) is 10.6 Å². The van der Waals surface area contributed by atoms with E-state index in [2.05, 4.69) is 16.9 Å². The number of hydrogen-bond donors (Lipinski definition) is 2. The molecule has 0 radical (unpaired) electrons. The molecule has 0 saturated carbocycles. The van der Waals surface area contributed by atoms with Gasteiger partial charge in [0, 0.05) is 6.04 Å². The lowest BCUT2D eigenvalue weighted by Crippen LogP contribution is -2.34. The van der Waals surface area contributed by atoms with E-state index in [-0.39, 0.29) is 11.6 Å². The molecule has 2 rings (SSSR count). The van der Waals surface area contributed by atoms with Crippen molar-refractivity contribution in [1.82, 2.24) is 10.3 Å². The van der Waals surface area contributed by atoms with Gasteiger partial charge in [-0.2, -0.15) is 0 Å². The van der Waals surface area contributed by atoms with Gasteiger partial charge in [-0.05, 0) is 37.6 Å². The van der Waals surface area contributed by atoms with Gasteiger partial charge in [0.2, 0.25) is 0 Å². The third-order valence-electron chi connectivity index (χ3n) is 2.99. The molecule has 2 heterocycles. The van der Waals surface area contributed by atoms with Gasteiger partial charge in [0.1, 0.15) is 5.56 Å². The molecule has 0 aliphatic heterocycles. The fourth-order valence-corrected chi connectivity index (χ4v) is 2.91. The Morgan fingerprint density at radius 2 is 2.24 bits per heavy atom. The summed E-state index contributed by atoms with van der Waals surface area (Å²) >= 11 is 7.41. The molecule has 0 bridgehead atoms. The van der Waals surface area contributed by atoms with Crippen LogP contribution in [0.3, 0.4) is 0 Å². The number of thiophene rings is 1. The highest BCUT2D eigenvalue weighted by Crippen LogP contribution is 2.32. The number of hydrogen-bond acceptors (Lipinski definition) is 3. The van der Waals surface area contributed by atoms with Crippen molar-refractivity contribution in [2.24, 2.45) is 0 Å². The monoisotopic (exact) mass is 322 g/mol. The predicted octanol–water partition coefficient (Wildman–Crippen LogP) is 3.37. The van der Waals surface area contributed by atoms with Gasteiger partial charge in [0.25, 0.3) is 11.5 Å². The van der Waals surface area contributed by atoms with Gasteiger partial charge in [0.15, 0.2) is 0 Å². The average molecular weight is 323 g/mol. The van der Waals surface area contributed by atoms with E-state index in [9.17, 15) is 9.59 Å². The van der Waals surface area contributed by atoms with E-state index in [1.54, 1.807) is 19.1 Å². The first-order valence-corrected chi connectivity index (χ1v) is 7.55. The second kappa shape index (κ2) is 6.28. The Bertz CT molecular complexity index is 729. The van der Waals surface area contributed by atoms with Crippen LogP contribution >= 0.6 is 22.9 Å². The van der Waals surface area contributed by atoms with Gasteiger partial charge in [-0.1, -0.05) is 17.7 Å². The SMILES string of the molecule is C=C[C@H](C)NC(=O)c1ccc(-c2cc(C)c(Cl)s2)[nH]c1=O. The van der Waals surface area contributed by atoms with Crippen LogP contribution in [0.15, 0.2) is 35.6 Å². The van der Waals surface area contributed by atoms with Gasteiger partial charge < -0.3 is 10.3 Å². The molecule has 2 aromatic rings. The van der Waals surface area contributed by atoms with Crippen LogP contribution in [0, 0.1) is 6.92 Å². The summed E-state index contributed by atoms with van der Waals surface area (Å²) in [6.07, 6.45) is 1.59. The smallest absolute Gasteiger partial charge is 0.261 e. The molecule has 0 unspecified atom stereocenters. The summed E-state index contributed by atoms with van der Waals surface area (Å²) in [4.78, 5) is 27.6. The number of pyridine rings is 1. The van der Waals surface area contributed by atoms with Crippen molar-refractivity contribution < 1.29 is 4.79 Å². The summed E-state index contributed by atoms with van der Waals surface area (Å²) in [6.45, 7) is 7.27. The van der Waals surface area contributed by atoms with Crippen molar-refractivity contribution in [2.75, 3.05) is 0 Å². The normalized spacial score (nSPS) is 12.0. The molecule has 1 atom stereocenters. The summed E-state index contributed by atoms with van der Waals surface area (Å²) in [5, 5.41) is 2.66. The van der Waals surface area contributed by atoms with Crippen molar-refractivity contribution in [1.29, 1.82) is 0 Å². The molecule has 0 saturated heterocycles. The van der Waals surface area contributed by atoms with E-state index in [1.165, 1.54) is 17.4 Å². The third kappa shape index (κ3) is 3.43. The molecular formula is C15H15ClN2O2S. The number of aromatic amines is 1. The van der Waals surface area contributed by atoms with Crippen molar-refractivity contribution in [3.63, 3.8) is 0 Å². The number of H-pyrrole nitrogens is 1. The van der Waals surface area contributed by atoms with Crippen molar-refractivity contribution in [2.45, 2.75) is 19.9 Å². The number of carbonyl (C=O) groups excluding carboxylic acids is 1. The maximum absolute atomic E-state index is 12.0. The Labute approximate surface area is 131 Å². The van der Waals surface area contributed by atoms with Crippen LogP contribution < -0.4 is 10.9 Å². The van der Waals surface area contributed by atoms with Crippen molar-refractivity contribution in [3.05, 3.63) is 56.7 Å². The second-order valence-electron chi connectivity index (χ2n) is 4.68. The first kappa shape index (κ1) is 15.5. The zero-order chi connectivity index (χ0) is 15.6. The molecule has 21 heavy (non-hydrogen) atoms. The van der Waals surface area contributed by atoms with Gasteiger partial charge in [-0.15, -0.1) is 17.9 Å². The summed E-state index contributed by atoms with van der Waals surface area (Å²) in [5.41, 5.74) is 1.25. The lowest BCUT2D eigenvalue weighted by atomic mass is 10.2. The van der Waals surface area contributed by atoms with Gasteiger partial charge >= 0.3 is 0 Å². The standard InChI is InChI=1S/C15H15ClN2O2S/c1-4-9(3)17-14(19)10-5-6-11(18-15(10)20)12-7-8(2)13(16)21-12/h4-7,9H,1H2,2-3H3,(H,17,19)(H,18,20)/t9-/m0/s1. The van der Waals surface area contributed by atoms with E-state index < -0.39 is 11.5 Å². The van der Waals surface area contributed by atoms with Crippen LogP contribution in [0.2, 0.25) is 4.34 Å². The Balaban J connectivity index is 2.31. The summed E-state index contributed by atoms with van der Waals surface area (Å²) in [6, 6.07) is 4.92. The molecule has 0 aliphatic rings. The minimum Gasteiger partial charge on any atom is -0.346 e. The average Bonchev–Trinajstić information content (AvgIpc) is 2.78. The van der Waals surface area contributed by atoms with E-state index in [1.807, 2.05) is 13.0 Å². The zero-order valence-corrected chi connectivity index (χ0v) is 13.3. The Morgan fingerprint density at radius 1 is 1.52 bits per heavy atom. The molecule has 110 valence electrons. The van der Waals surface area contributed by atoms with Crippen LogP contribution in [0.1, 0.15) is 22.8 Å². The lowest BCUT2D eigenvalue weighted by Gasteiger charge is -2.08. The largest absolute Gasteiger partial charge is 0.346 e. The molecule has 2 aromatic heterocycles. The van der Waals surface area contributed by atoms with Crippen molar-refractivity contribution in [3.8, 4) is 10.6 Å². The van der Waals surface area contributed by atoms with Crippen LogP contribution in [-0.4, -0.2) is 16.9 Å². The highest BCUT2D eigenvalue weighted by Gasteiger charge is 2.13. The first-order valence-electron chi connectivity index (χ1n) is 6.35. The number of amides is 1. The summed E-state index contributed by atoms with van der Waals surface area (Å²) in [5.74, 6) is -0.421. The number of rotatable bonds is 4. The Hall–Kier alpha value is -1.85. The maximum atomic E-state index is 12.0. The number of carbonyl (C=O) groups is 1.